The van der Waals surface area contributed by atoms with Crippen molar-refractivity contribution in [3.8, 4) is 11.5 Å². The summed E-state index contributed by atoms with van der Waals surface area (Å²) < 4.78 is 41.6. The highest BCUT2D eigenvalue weighted by atomic mass is 32.2. The molecule has 150 valence electrons. The van der Waals surface area contributed by atoms with Gasteiger partial charge in [0.05, 0.1) is 6.61 Å². The third kappa shape index (κ3) is 8.24. The molecular formula is C20H23NO6S. The molecule has 0 unspecified atom stereocenters. The van der Waals surface area contributed by atoms with Gasteiger partial charge in [0.25, 0.3) is 0 Å². The Balaban J connectivity index is 1.66. The summed E-state index contributed by atoms with van der Waals surface area (Å²) in [7, 11) is -3.73. The molecule has 0 radical (unpaired) electrons. The smallest absolute Gasteiger partial charge is 0.321 e. The van der Waals surface area contributed by atoms with Crippen molar-refractivity contribution in [1.29, 1.82) is 0 Å². The molecule has 2 aromatic carbocycles. The van der Waals surface area contributed by atoms with Gasteiger partial charge in [0, 0.05) is 5.41 Å². The number of hydrogen-bond acceptors (Lipinski definition) is 6. The number of carbonyl (C=O) groups is 1. The molecule has 1 N–H and O–H groups in total. The van der Waals surface area contributed by atoms with E-state index in [0.29, 0.717) is 12.4 Å². The van der Waals surface area contributed by atoms with Crippen LogP contribution in [-0.4, -0.2) is 40.8 Å². The molecule has 0 aliphatic rings. The van der Waals surface area contributed by atoms with Gasteiger partial charge in [-0.2, -0.15) is 0 Å². The van der Waals surface area contributed by atoms with Crippen molar-refractivity contribution in [3.05, 3.63) is 65.6 Å². The second-order valence-corrected chi connectivity index (χ2v) is 7.20. The predicted octanol–water partition coefficient (Wildman–Crippen LogP) is 2.60. The summed E-state index contributed by atoms with van der Waals surface area (Å²) in [5.41, 5.74) is 0.738. The van der Waals surface area contributed by atoms with Gasteiger partial charge in [0.15, 0.2) is 0 Å². The fourth-order valence-corrected chi connectivity index (χ4v) is 2.86. The Morgan fingerprint density at radius 3 is 2.25 bits per heavy atom. The van der Waals surface area contributed by atoms with Gasteiger partial charge < -0.3 is 14.2 Å². The van der Waals surface area contributed by atoms with E-state index < -0.39 is 22.5 Å². The highest BCUT2D eigenvalue weighted by Crippen LogP contribution is 2.17. The minimum absolute atomic E-state index is 0.00757. The molecule has 0 saturated heterocycles. The Labute approximate surface area is 165 Å². The number of benzene rings is 2. The van der Waals surface area contributed by atoms with Crippen LogP contribution in [0, 0.1) is 0 Å². The Hall–Kier alpha value is -2.84. The summed E-state index contributed by atoms with van der Waals surface area (Å²) in [5, 5.41) is 1.00. The molecule has 0 bridgehead atoms. The number of nitrogens with one attached hydrogen (secondary N) is 1. The standard InChI is InChI=1S/C20H23NO6S/c1-2-25-18-8-10-19(11-9-18)26-13-14-27-20(22)16-21-28(23,24)15-12-17-6-4-3-5-7-17/h3-12,15,21H,2,13-14,16H2,1H3/b15-12+. The SMILES string of the molecule is CCOc1ccc(OCCOC(=O)CNS(=O)(=O)/C=C/c2ccccc2)cc1. The lowest BCUT2D eigenvalue weighted by atomic mass is 10.2. The number of ether oxygens (including phenoxy) is 3. The van der Waals surface area contributed by atoms with Crippen molar-refractivity contribution < 1.29 is 27.4 Å². The summed E-state index contributed by atoms with van der Waals surface area (Å²) in [4.78, 5) is 11.6. The average Bonchev–Trinajstić information content (AvgIpc) is 2.71. The summed E-state index contributed by atoms with van der Waals surface area (Å²) in [6.45, 7) is 2.19. The van der Waals surface area contributed by atoms with E-state index in [1.54, 1.807) is 48.5 Å². The van der Waals surface area contributed by atoms with Gasteiger partial charge in [-0.25, -0.2) is 13.1 Å². The van der Waals surface area contributed by atoms with E-state index in [4.69, 9.17) is 14.2 Å². The lowest BCUT2D eigenvalue weighted by Crippen LogP contribution is -2.30. The molecule has 2 rings (SSSR count). The predicted molar refractivity (Wildman–Crippen MR) is 106 cm³/mol. The van der Waals surface area contributed by atoms with Crippen LogP contribution >= 0.6 is 0 Å². The van der Waals surface area contributed by atoms with Gasteiger partial charge in [0.2, 0.25) is 10.0 Å². The third-order valence-corrected chi connectivity index (χ3v) is 4.45. The molecule has 0 aliphatic heterocycles. The Morgan fingerprint density at radius 2 is 1.61 bits per heavy atom. The highest BCUT2D eigenvalue weighted by Gasteiger charge is 2.10. The first-order valence-electron chi connectivity index (χ1n) is 8.72. The van der Waals surface area contributed by atoms with Crippen molar-refractivity contribution in [2.24, 2.45) is 0 Å². The van der Waals surface area contributed by atoms with E-state index in [9.17, 15) is 13.2 Å². The number of rotatable bonds is 11. The molecule has 8 heteroatoms. The Bertz CT molecular complexity index is 863. The van der Waals surface area contributed by atoms with E-state index >= 15 is 0 Å². The number of esters is 1. The Kier molecular flexibility index (Phi) is 8.51. The van der Waals surface area contributed by atoms with Gasteiger partial charge >= 0.3 is 5.97 Å². The number of hydrogen-bond donors (Lipinski definition) is 1. The molecule has 28 heavy (non-hydrogen) atoms. The number of sulfonamides is 1. The van der Waals surface area contributed by atoms with Crippen LogP contribution in [0.1, 0.15) is 12.5 Å². The molecule has 7 nitrogen and oxygen atoms in total. The minimum atomic E-state index is -3.73. The summed E-state index contributed by atoms with van der Waals surface area (Å²) in [6, 6.07) is 16.0. The van der Waals surface area contributed by atoms with Gasteiger partial charge in [-0.15, -0.1) is 0 Å². The first-order valence-corrected chi connectivity index (χ1v) is 10.3. The minimum Gasteiger partial charge on any atom is -0.494 e. The summed E-state index contributed by atoms with van der Waals surface area (Å²) in [5.74, 6) is 0.674. The lowest BCUT2D eigenvalue weighted by Gasteiger charge is -2.08. The molecule has 0 amide bonds. The van der Waals surface area contributed by atoms with Crippen molar-refractivity contribution in [2.75, 3.05) is 26.4 Å². The lowest BCUT2D eigenvalue weighted by molar-refractivity contribution is -0.142. The normalized spacial score (nSPS) is 11.3. The Morgan fingerprint density at radius 1 is 0.964 bits per heavy atom. The van der Waals surface area contributed by atoms with Crippen LogP contribution in [0.15, 0.2) is 60.0 Å². The van der Waals surface area contributed by atoms with E-state index in [1.807, 2.05) is 13.0 Å². The topological polar surface area (TPSA) is 90.9 Å². The maximum Gasteiger partial charge on any atom is 0.321 e. The van der Waals surface area contributed by atoms with E-state index in [1.165, 1.54) is 6.08 Å². The zero-order valence-electron chi connectivity index (χ0n) is 15.5. The first-order chi connectivity index (χ1) is 13.5. The first kappa shape index (κ1) is 21.5. The van der Waals surface area contributed by atoms with E-state index in [2.05, 4.69) is 4.72 Å². The monoisotopic (exact) mass is 405 g/mol. The molecule has 0 fully saturated rings. The maximum atomic E-state index is 11.9. The molecule has 0 heterocycles. The van der Waals surface area contributed by atoms with Gasteiger partial charge in [0.1, 0.15) is 31.3 Å². The molecule has 0 aromatic heterocycles. The van der Waals surface area contributed by atoms with Crippen LogP contribution in [0.4, 0.5) is 0 Å². The van der Waals surface area contributed by atoms with Crippen LogP contribution in [0.2, 0.25) is 0 Å². The zero-order chi connectivity index (χ0) is 20.2. The summed E-state index contributed by atoms with van der Waals surface area (Å²) >= 11 is 0. The quantitative estimate of drug-likeness (QED) is 0.456. The van der Waals surface area contributed by atoms with Gasteiger partial charge in [-0.3, -0.25) is 4.79 Å². The molecular weight excluding hydrogens is 382 g/mol. The molecule has 0 atom stereocenters. The molecule has 0 spiro atoms. The zero-order valence-corrected chi connectivity index (χ0v) is 16.4. The highest BCUT2D eigenvalue weighted by molar-refractivity contribution is 7.92. The van der Waals surface area contributed by atoms with Crippen LogP contribution in [0.5, 0.6) is 11.5 Å². The molecule has 0 saturated carbocycles. The van der Waals surface area contributed by atoms with Crippen molar-refractivity contribution >= 4 is 22.1 Å². The van der Waals surface area contributed by atoms with Crippen LogP contribution in [0.3, 0.4) is 0 Å². The van der Waals surface area contributed by atoms with Crippen molar-refractivity contribution in [2.45, 2.75) is 6.92 Å². The molecule has 2 aromatic rings. The van der Waals surface area contributed by atoms with Gasteiger partial charge in [-0.05, 0) is 42.8 Å². The van der Waals surface area contributed by atoms with Crippen LogP contribution in [-0.2, 0) is 19.6 Å². The third-order valence-electron chi connectivity index (χ3n) is 3.41. The fraction of sp³-hybridized carbons (Fsp3) is 0.250. The van der Waals surface area contributed by atoms with Crippen molar-refractivity contribution in [1.82, 2.24) is 4.72 Å². The van der Waals surface area contributed by atoms with E-state index in [-0.39, 0.29) is 13.2 Å². The molecule has 0 aliphatic carbocycles. The fourth-order valence-electron chi connectivity index (χ4n) is 2.10. The second kappa shape index (κ2) is 11.1. The average molecular weight is 405 g/mol. The van der Waals surface area contributed by atoms with Gasteiger partial charge in [-0.1, -0.05) is 30.3 Å². The van der Waals surface area contributed by atoms with Crippen LogP contribution < -0.4 is 14.2 Å². The largest absolute Gasteiger partial charge is 0.494 e. The maximum absolute atomic E-state index is 11.9. The van der Waals surface area contributed by atoms with Crippen LogP contribution in [0.25, 0.3) is 6.08 Å². The van der Waals surface area contributed by atoms with Crippen molar-refractivity contribution in [3.63, 3.8) is 0 Å². The summed E-state index contributed by atoms with van der Waals surface area (Å²) in [6.07, 6.45) is 1.44. The number of carbonyl (C=O) groups excluding carboxylic acids is 1. The second-order valence-electron chi connectivity index (χ2n) is 5.55. The van der Waals surface area contributed by atoms with E-state index in [0.717, 1.165) is 16.7 Å².